The molecule has 0 saturated carbocycles. The smallest absolute Gasteiger partial charge is 0.262 e. The van der Waals surface area contributed by atoms with Crippen molar-refractivity contribution in [1.29, 1.82) is 0 Å². The van der Waals surface area contributed by atoms with Crippen molar-refractivity contribution in [2.45, 2.75) is 23.8 Å². The van der Waals surface area contributed by atoms with Crippen LogP contribution in [0.15, 0.2) is 54.2 Å². The van der Waals surface area contributed by atoms with Crippen LogP contribution in [-0.4, -0.2) is 45.3 Å². The van der Waals surface area contributed by atoms with Crippen LogP contribution in [0.2, 0.25) is 0 Å². The summed E-state index contributed by atoms with van der Waals surface area (Å²) in [5.74, 6) is -0.476. The molecular formula is C19H20FN5O2S. The summed E-state index contributed by atoms with van der Waals surface area (Å²) < 4.78 is 42.6. The first-order valence-corrected chi connectivity index (χ1v) is 10.4. The molecule has 1 aliphatic rings. The van der Waals surface area contributed by atoms with Gasteiger partial charge in [-0.25, -0.2) is 17.8 Å². The predicted molar refractivity (Wildman–Crippen MR) is 101 cm³/mol. The van der Waals surface area contributed by atoms with Gasteiger partial charge in [-0.2, -0.15) is 4.31 Å². The Morgan fingerprint density at radius 3 is 2.75 bits per heavy atom. The number of imidazole rings is 1. The zero-order valence-corrected chi connectivity index (χ0v) is 16.2. The van der Waals surface area contributed by atoms with Crippen LogP contribution in [0.5, 0.6) is 0 Å². The highest BCUT2D eigenvalue weighted by atomic mass is 32.2. The summed E-state index contributed by atoms with van der Waals surface area (Å²) >= 11 is 0. The normalized spacial score (nSPS) is 18.3. The monoisotopic (exact) mass is 401 g/mol. The molecule has 0 spiro atoms. The molecule has 2 aromatic heterocycles. The third-order valence-electron chi connectivity index (χ3n) is 4.88. The van der Waals surface area contributed by atoms with Crippen LogP contribution in [0.25, 0.3) is 11.3 Å². The van der Waals surface area contributed by atoms with Crippen LogP contribution in [-0.2, 0) is 17.1 Å². The van der Waals surface area contributed by atoms with E-state index in [2.05, 4.69) is 15.0 Å². The Morgan fingerprint density at radius 2 is 2.00 bits per heavy atom. The molecule has 0 aliphatic carbocycles. The SMILES string of the molecule is Cn1cnc(S(=O)(=O)N2CCCC(c3nccnc3-c3cccc(F)c3)C2)c1. The van der Waals surface area contributed by atoms with Crippen molar-refractivity contribution in [2.24, 2.45) is 7.05 Å². The van der Waals surface area contributed by atoms with E-state index in [-0.39, 0.29) is 16.8 Å². The van der Waals surface area contributed by atoms with Gasteiger partial charge in [0.15, 0.2) is 5.03 Å². The molecule has 3 heterocycles. The third kappa shape index (κ3) is 3.55. The topological polar surface area (TPSA) is 81.0 Å². The number of nitrogens with zero attached hydrogens (tertiary/aromatic N) is 5. The highest BCUT2D eigenvalue weighted by Crippen LogP contribution is 2.33. The first kappa shape index (κ1) is 18.7. The Labute approximate surface area is 162 Å². The molecule has 28 heavy (non-hydrogen) atoms. The van der Waals surface area contributed by atoms with E-state index in [1.165, 1.54) is 29.0 Å². The molecule has 1 unspecified atom stereocenters. The molecule has 7 nitrogen and oxygen atoms in total. The van der Waals surface area contributed by atoms with Gasteiger partial charge in [0.1, 0.15) is 5.82 Å². The molecule has 1 aromatic carbocycles. The Kier molecular flexibility index (Phi) is 4.94. The minimum absolute atomic E-state index is 0.0418. The lowest BCUT2D eigenvalue weighted by molar-refractivity contribution is 0.312. The summed E-state index contributed by atoms with van der Waals surface area (Å²) in [5, 5.41) is 0.0418. The van der Waals surface area contributed by atoms with E-state index < -0.39 is 10.0 Å². The fourth-order valence-corrected chi connectivity index (χ4v) is 5.03. The van der Waals surface area contributed by atoms with E-state index in [1.54, 1.807) is 36.1 Å². The Balaban J connectivity index is 1.66. The summed E-state index contributed by atoms with van der Waals surface area (Å²) in [5.41, 5.74) is 1.91. The summed E-state index contributed by atoms with van der Waals surface area (Å²) in [7, 11) is -1.94. The Morgan fingerprint density at radius 1 is 1.18 bits per heavy atom. The Bertz CT molecular complexity index is 1100. The van der Waals surface area contributed by atoms with Crippen LogP contribution in [0.4, 0.5) is 4.39 Å². The Hall–Kier alpha value is -2.65. The van der Waals surface area contributed by atoms with Gasteiger partial charge < -0.3 is 4.57 Å². The van der Waals surface area contributed by atoms with Crippen LogP contribution in [0.3, 0.4) is 0 Å². The van der Waals surface area contributed by atoms with Crippen molar-refractivity contribution in [3.8, 4) is 11.3 Å². The largest absolute Gasteiger partial charge is 0.339 e. The maximum Gasteiger partial charge on any atom is 0.262 e. The molecule has 0 radical (unpaired) electrons. The van der Waals surface area contributed by atoms with Crippen molar-refractivity contribution >= 4 is 10.0 Å². The number of halogens is 1. The minimum atomic E-state index is -3.67. The highest BCUT2D eigenvalue weighted by molar-refractivity contribution is 7.89. The van der Waals surface area contributed by atoms with Crippen LogP contribution < -0.4 is 0 Å². The number of hydrogen-bond donors (Lipinski definition) is 0. The molecule has 0 amide bonds. The van der Waals surface area contributed by atoms with E-state index in [0.717, 1.165) is 6.42 Å². The zero-order valence-electron chi connectivity index (χ0n) is 15.4. The maximum atomic E-state index is 13.7. The quantitative estimate of drug-likeness (QED) is 0.671. The number of sulfonamides is 1. The minimum Gasteiger partial charge on any atom is -0.339 e. The second-order valence-corrected chi connectivity index (χ2v) is 8.76. The summed E-state index contributed by atoms with van der Waals surface area (Å²) in [6, 6.07) is 6.20. The van der Waals surface area contributed by atoms with Gasteiger partial charge >= 0.3 is 0 Å². The number of hydrogen-bond acceptors (Lipinski definition) is 5. The summed E-state index contributed by atoms with van der Waals surface area (Å²) in [6.45, 7) is 0.727. The van der Waals surface area contributed by atoms with Gasteiger partial charge in [0.2, 0.25) is 0 Å². The molecule has 1 fully saturated rings. The lowest BCUT2D eigenvalue weighted by Crippen LogP contribution is -2.39. The maximum absolute atomic E-state index is 13.7. The standard InChI is InChI=1S/C19H20FN5O2S/c1-24-12-17(23-13-24)28(26,27)25-9-3-5-15(11-25)19-18(21-7-8-22-19)14-4-2-6-16(20)10-14/h2,4,6-8,10,12-13,15H,3,5,9,11H2,1H3. The number of benzene rings is 1. The molecular weight excluding hydrogens is 381 g/mol. The second-order valence-electron chi connectivity index (χ2n) is 6.88. The van der Waals surface area contributed by atoms with Gasteiger partial charge in [0.05, 0.1) is 17.7 Å². The highest BCUT2D eigenvalue weighted by Gasteiger charge is 2.34. The van der Waals surface area contributed by atoms with Gasteiger partial charge in [-0.15, -0.1) is 0 Å². The first-order valence-electron chi connectivity index (χ1n) is 9.00. The molecule has 1 aliphatic heterocycles. The summed E-state index contributed by atoms with van der Waals surface area (Å²) in [6.07, 6.45) is 7.61. The zero-order chi connectivity index (χ0) is 19.7. The van der Waals surface area contributed by atoms with E-state index in [4.69, 9.17) is 0 Å². The molecule has 4 rings (SSSR count). The van der Waals surface area contributed by atoms with Crippen LogP contribution in [0.1, 0.15) is 24.5 Å². The molecule has 1 saturated heterocycles. The average Bonchev–Trinajstić information content (AvgIpc) is 3.15. The third-order valence-corrected chi connectivity index (χ3v) is 6.63. The van der Waals surface area contributed by atoms with Gasteiger partial charge in [-0.1, -0.05) is 12.1 Å². The van der Waals surface area contributed by atoms with Crippen LogP contribution in [0, 0.1) is 5.82 Å². The average molecular weight is 401 g/mol. The van der Waals surface area contributed by atoms with E-state index in [0.29, 0.717) is 36.5 Å². The predicted octanol–water partition coefficient (Wildman–Crippen LogP) is 2.58. The second kappa shape index (κ2) is 7.40. The van der Waals surface area contributed by atoms with Crippen LogP contribution >= 0.6 is 0 Å². The van der Waals surface area contributed by atoms with Gasteiger partial charge in [0, 0.05) is 50.2 Å². The lowest BCUT2D eigenvalue weighted by atomic mass is 9.92. The van der Waals surface area contributed by atoms with E-state index >= 15 is 0 Å². The molecule has 0 bridgehead atoms. The molecule has 3 aromatic rings. The number of aryl methyl sites for hydroxylation is 1. The van der Waals surface area contributed by atoms with Gasteiger partial charge in [-0.3, -0.25) is 9.97 Å². The fourth-order valence-electron chi connectivity index (χ4n) is 3.54. The molecule has 1 atom stereocenters. The summed E-state index contributed by atoms with van der Waals surface area (Å²) in [4.78, 5) is 12.9. The first-order chi connectivity index (χ1) is 13.4. The van der Waals surface area contributed by atoms with Gasteiger partial charge in [0.25, 0.3) is 10.0 Å². The lowest BCUT2D eigenvalue weighted by Gasteiger charge is -2.31. The number of piperidine rings is 1. The number of rotatable bonds is 4. The molecule has 0 N–H and O–H groups in total. The van der Waals surface area contributed by atoms with Crippen molar-refractivity contribution in [2.75, 3.05) is 13.1 Å². The van der Waals surface area contributed by atoms with E-state index in [1.807, 2.05) is 0 Å². The van der Waals surface area contributed by atoms with Crippen molar-refractivity contribution < 1.29 is 12.8 Å². The molecule has 146 valence electrons. The molecule has 9 heteroatoms. The number of aromatic nitrogens is 4. The fraction of sp³-hybridized carbons (Fsp3) is 0.316. The van der Waals surface area contributed by atoms with Crippen molar-refractivity contribution in [3.63, 3.8) is 0 Å². The van der Waals surface area contributed by atoms with Crippen molar-refractivity contribution in [1.82, 2.24) is 23.8 Å². The van der Waals surface area contributed by atoms with E-state index in [9.17, 15) is 12.8 Å². The van der Waals surface area contributed by atoms with Crippen molar-refractivity contribution in [3.05, 3.63) is 60.7 Å². The van der Waals surface area contributed by atoms with Gasteiger partial charge in [-0.05, 0) is 25.0 Å².